The van der Waals surface area contributed by atoms with Crippen molar-refractivity contribution in [2.45, 2.75) is 13.3 Å². The molecule has 0 radical (unpaired) electrons. The molecule has 0 saturated carbocycles. The van der Waals surface area contributed by atoms with Crippen LogP contribution in [0.3, 0.4) is 0 Å². The number of rotatable bonds is 4. The molecule has 1 aliphatic rings. The van der Waals surface area contributed by atoms with Crippen molar-refractivity contribution in [1.82, 2.24) is 0 Å². The minimum absolute atomic E-state index is 0.140. The van der Waals surface area contributed by atoms with Gasteiger partial charge in [-0.3, -0.25) is 9.59 Å². The van der Waals surface area contributed by atoms with E-state index in [4.69, 9.17) is 21.1 Å². The second kappa shape index (κ2) is 7.44. The molecule has 2 N–H and O–H groups in total. The largest absolute Gasteiger partial charge is 0.486 e. The summed E-state index contributed by atoms with van der Waals surface area (Å²) in [5.41, 5.74) is 1.98. The van der Waals surface area contributed by atoms with Crippen LogP contribution in [0, 0.1) is 0 Å². The van der Waals surface area contributed by atoms with E-state index in [2.05, 4.69) is 10.6 Å². The smallest absolute Gasteiger partial charge is 0.228 e. The molecule has 0 aromatic heterocycles. The van der Waals surface area contributed by atoms with Gasteiger partial charge in [0, 0.05) is 24.7 Å². The molecule has 25 heavy (non-hydrogen) atoms. The first kappa shape index (κ1) is 17.1. The molecule has 0 aliphatic carbocycles. The molecule has 1 heterocycles. The zero-order valence-corrected chi connectivity index (χ0v) is 14.4. The monoisotopic (exact) mass is 360 g/mol. The van der Waals surface area contributed by atoms with Crippen LogP contribution in [0.1, 0.15) is 12.5 Å². The first-order valence-electron chi connectivity index (χ1n) is 7.77. The second-order valence-electron chi connectivity index (χ2n) is 5.58. The molecule has 0 saturated heterocycles. The van der Waals surface area contributed by atoms with Crippen LogP contribution in [-0.2, 0) is 16.0 Å². The van der Waals surface area contributed by atoms with Crippen molar-refractivity contribution < 1.29 is 19.1 Å². The van der Waals surface area contributed by atoms with E-state index in [0.29, 0.717) is 41.1 Å². The maximum atomic E-state index is 12.3. The molecule has 0 spiro atoms. The fourth-order valence-corrected chi connectivity index (χ4v) is 2.65. The number of ether oxygens (including phenoxy) is 2. The highest BCUT2D eigenvalue weighted by molar-refractivity contribution is 6.34. The number of hydrogen-bond acceptors (Lipinski definition) is 4. The van der Waals surface area contributed by atoms with Gasteiger partial charge in [0.1, 0.15) is 13.2 Å². The first-order valence-corrected chi connectivity index (χ1v) is 8.14. The van der Waals surface area contributed by atoms with Crippen molar-refractivity contribution in [3.8, 4) is 11.5 Å². The molecule has 2 aromatic carbocycles. The zero-order chi connectivity index (χ0) is 17.8. The van der Waals surface area contributed by atoms with Crippen molar-refractivity contribution in [2.24, 2.45) is 0 Å². The average Bonchev–Trinajstić information content (AvgIpc) is 2.57. The summed E-state index contributed by atoms with van der Waals surface area (Å²) in [6.07, 6.45) is 0.186. The highest BCUT2D eigenvalue weighted by atomic mass is 35.5. The Hall–Kier alpha value is -2.73. The van der Waals surface area contributed by atoms with Crippen molar-refractivity contribution in [3.63, 3.8) is 0 Å². The average molecular weight is 361 g/mol. The second-order valence-corrected chi connectivity index (χ2v) is 5.99. The lowest BCUT2D eigenvalue weighted by Crippen LogP contribution is -2.17. The minimum Gasteiger partial charge on any atom is -0.486 e. The summed E-state index contributed by atoms with van der Waals surface area (Å²) in [5.74, 6) is 0.790. The van der Waals surface area contributed by atoms with Crippen molar-refractivity contribution in [1.29, 1.82) is 0 Å². The molecule has 0 atom stereocenters. The summed E-state index contributed by atoms with van der Waals surface area (Å²) in [6.45, 7) is 2.38. The highest BCUT2D eigenvalue weighted by Crippen LogP contribution is 2.37. The predicted molar refractivity (Wildman–Crippen MR) is 95.5 cm³/mol. The molecule has 0 unspecified atom stereocenters. The quantitative estimate of drug-likeness (QED) is 0.877. The van der Waals surface area contributed by atoms with Gasteiger partial charge in [-0.15, -0.1) is 0 Å². The molecule has 3 rings (SSSR count). The predicted octanol–water partition coefficient (Wildman–Crippen LogP) is 3.25. The minimum atomic E-state index is -0.203. The Morgan fingerprint density at radius 2 is 1.68 bits per heavy atom. The fraction of sp³-hybridized carbons (Fsp3) is 0.222. The van der Waals surface area contributed by atoms with Gasteiger partial charge >= 0.3 is 0 Å². The summed E-state index contributed by atoms with van der Waals surface area (Å²) < 4.78 is 10.9. The Labute approximate surface area is 150 Å². The van der Waals surface area contributed by atoms with Crippen LogP contribution in [-0.4, -0.2) is 25.0 Å². The Kier molecular flexibility index (Phi) is 5.09. The van der Waals surface area contributed by atoms with Crippen LogP contribution in [0.5, 0.6) is 11.5 Å². The lowest BCUT2D eigenvalue weighted by molar-refractivity contribution is -0.116. The maximum Gasteiger partial charge on any atom is 0.228 e. The lowest BCUT2D eigenvalue weighted by atomic mass is 10.1. The summed E-state index contributed by atoms with van der Waals surface area (Å²) in [5, 5.41) is 5.85. The van der Waals surface area contributed by atoms with E-state index in [1.54, 1.807) is 36.4 Å². The number of anilines is 2. The van der Waals surface area contributed by atoms with Gasteiger partial charge in [0.05, 0.1) is 17.1 Å². The van der Waals surface area contributed by atoms with Gasteiger partial charge in [0.15, 0.2) is 11.5 Å². The Bertz CT molecular complexity index is 805. The normalized spacial score (nSPS) is 12.4. The van der Waals surface area contributed by atoms with Crippen molar-refractivity contribution in [2.75, 3.05) is 23.8 Å². The number of fused-ring (bicyclic) bond motifs is 1. The molecular formula is C18H17ClN2O4. The molecule has 0 fully saturated rings. The zero-order valence-electron chi connectivity index (χ0n) is 13.6. The molecule has 7 heteroatoms. The van der Waals surface area contributed by atoms with Gasteiger partial charge in [0.2, 0.25) is 11.8 Å². The third-order valence-corrected chi connectivity index (χ3v) is 3.86. The number of halogens is 1. The number of carbonyl (C=O) groups excluding carboxylic acids is 2. The molecule has 1 aliphatic heterocycles. The van der Waals surface area contributed by atoms with Crippen LogP contribution < -0.4 is 20.1 Å². The van der Waals surface area contributed by atoms with Crippen LogP contribution in [0.4, 0.5) is 11.4 Å². The fourth-order valence-electron chi connectivity index (χ4n) is 2.45. The summed E-state index contributed by atoms with van der Waals surface area (Å²) >= 11 is 6.19. The van der Waals surface area contributed by atoms with E-state index >= 15 is 0 Å². The first-order chi connectivity index (χ1) is 12.0. The molecular weight excluding hydrogens is 344 g/mol. The number of nitrogens with one attached hydrogen (secondary N) is 2. The van der Waals surface area contributed by atoms with E-state index in [9.17, 15) is 9.59 Å². The Morgan fingerprint density at radius 1 is 1.04 bits per heavy atom. The van der Waals surface area contributed by atoms with Gasteiger partial charge in [0.25, 0.3) is 0 Å². The maximum absolute atomic E-state index is 12.3. The summed E-state index contributed by atoms with van der Waals surface area (Å²) in [7, 11) is 0. The third kappa shape index (κ3) is 4.42. The van der Waals surface area contributed by atoms with Gasteiger partial charge < -0.3 is 20.1 Å². The van der Waals surface area contributed by atoms with Crippen LogP contribution >= 0.6 is 11.6 Å². The Balaban J connectivity index is 1.65. The van der Waals surface area contributed by atoms with Crippen LogP contribution in [0.25, 0.3) is 0 Å². The number of hydrogen-bond donors (Lipinski definition) is 2. The van der Waals surface area contributed by atoms with Crippen molar-refractivity contribution >= 4 is 34.8 Å². The molecule has 2 amide bonds. The highest BCUT2D eigenvalue weighted by Gasteiger charge is 2.16. The van der Waals surface area contributed by atoms with Crippen molar-refractivity contribution in [3.05, 3.63) is 47.0 Å². The van der Waals surface area contributed by atoms with Crippen LogP contribution in [0.15, 0.2) is 36.4 Å². The van der Waals surface area contributed by atoms with E-state index in [0.717, 1.165) is 5.56 Å². The number of benzene rings is 2. The molecule has 0 bridgehead atoms. The summed E-state index contributed by atoms with van der Waals surface area (Å²) in [4.78, 5) is 23.3. The van der Waals surface area contributed by atoms with E-state index < -0.39 is 0 Å². The lowest BCUT2D eigenvalue weighted by Gasteiger charge is -2.20. The van der Waals surface area contributed by atoms with E-state index in [-0.39, 0.29) is 18.2 Å². The van der Waals surface area contributed by atoms with Gasteiger partial charge in [-0.05, 0) is 17.7 Å². The van der Waals surface area contributed by atoms with Gasteiger partial charge in [-0.2, -0.15) is 0 Å². The number of amides is 2. The van der Waals surface area contributed by atoms with Gasteiger partial charge in [-0.1, -0.05) is 23.7 Å². The van der Waals surface area contributed by atoms with E-state index in [1.165, 1.54) is 6.92 Å². The van der Waals surface area contributed by atoms with E-state index in [1.807, 2.05) is 0 Å². The van der Waals surface area contributed by atoms with Crippen LogP contribution in [0.2, 0.25) is 5.02 Å². The summed E-state index contributed by atoms with van der Waals surface area (Å²) in [6, 6.07) is 10.4. The molecule has 130 valence electrons. The Morgan fingerprint density at radius 3 is 2.32 bits per heavy atom. The standard InChI is InChI=1S/C18H17ClN2O4/c1-11(22)20-13-4-2-12(3-5-13)8-18(23)21-15-10-17-16(9-14(15)19)24-6-7-25-17/h2-5,9-10H,6-8H2,1H3,(H,20,22)(H,21,23). The number of carbonyl (C=O) groups is 2. The van der Waals surface area contributed by atoms with Gasteiger partial charge in [-0.25, -0.2) is 0 Å². The molecule has 2 aromatic rings. The third-order valence-electron chi connectivity index (χ3n) is 3.54. The SMILES string of the molecule is CC(=O)Nc1ccc(CC(=O)Nc2cc3c(cc2Cl)OCCO3)cc1. The molecule has 6 nitrogen and oxygen atoms in total. The topological polar surface area (TPSA) is 76.7 Å².